The highest BCUT2D eigenvalue weighted by atomic mass is 35.5. The van der Waals surface area contributed by atoms with Crippen LogP contribution in [0.2, 0.25) is 5.02 Å². The normalized spacial score (nSPS) is 26.1. The highest BCUT2D eigenvalue weighted by molar-refractivity contribution is 6.31. The number of ether oxygens (including phenoxy) is 2. The van der Waals surface area contributed by atoms with E-state index in [9.17, 15) is 4.79 Å². The Labute approximate surface area is 176 Å². The van der Waals surface area contributed by atoms with Crippen LogP contribution in [0.5, 0.6) is 5.75 Å². The van der Waals surface area contributed by atoms with Crippen molar-refractivity contribution in [1.82, 2.24) is 9.88 Å². The lowest BCUT2D eigenvalue weighted by Gasteiger charge is -2.37. The zero-order chi connectivity index (χ0) is 20.4. The van der Waals surface area contributed by atoms with Gasteiger partial charge in [0.2, 0.25) is 0 Å². The van der Waals surface area contributed by atoms with Gasteiger partial charge in [-0.3, -0.25) is 4.79 Å². The molecule has 1 N–H and O–H groups in total. The molecule has 1 saturated heterocycles. The van der Waals surface area contributed by atoms with Gasteiger partial charge >= 0.3 is 0 Å². The second-order valence-corrected chi connectivity index (χ2v) is 8.22. The van der Waals surface area contributed by atoms with E-state index in [4.69, 9.17) is 21.1 Å². The number of hydrogen-bond donors (Lipinski definition) is 1. The summed E-state index contributed by atoms with van der Waals surface area (Å²) in [4.78, 5) is 19.5. The third-order valence-electron chi connectivity index (χ3n) is 6.10. The van der Waals surface area contributed by atoms with Gasteiger partial charge in [-0.1, -0.05) is 17.7 Å². The fourth-order valence-corrected chi connectivity index (χ4v) is 4.82. The molecule has 2 heterocycles. The lowest BCUT2D eigenvalue weighted by Crippen LogP contribution is -2.44. The molecule has 1 aliphatic carbocycles. The van der Waals surface area contributed by atoms with Crippen molar-refractivity contribution >= 4 is 23.3 Å². The van der Waals surface area contributed by atoms with E-state index >= 15 is 0 Å². The van der Waals surface area contributed by atoms with Crippen LogP contribution in [0.3, 0.4) is 0 Å². The Hall–Kier alpha value is -2.31. The fourth-order valence-electron chi connectivity index (χ4n) is 4.65. The number of fused-ring (bicyclic) bond motifs is 1. The topological polar surface area (TPSA) is 63.7 Å². The number of halogens is 1. The monoisotopic (exact) mass is 415 g/mol. The predicted molar refractivity (Wildman–Crippen MR) is 113 cm³/mol. The first-order chi connectivity index (χ1) is 14.1. The Kier molecular flexibility index (Phi) is 5.92. The van der Waals surface area contributed by atoms with Crippen molar-refractivity contribution in [1.29, 1.82) is 0 Å². The number of likely N-dealkylation sites (tertiary alicyclic amines) is 1. The van der Waals surface area contributed by atoms with Crippen molar-refractivity contribution < 1.29 is 14.3 Å². The number of pyridine rings is 1. The number of carbonyl (C=O) groups excluding carboxylic acids is 1. The molecular weight excluding hydrogens is 390 g/mol. The maximum absolute atomic E-state index is 13.2. The van der Waals surface area contributed by atoms with Gasteiger partial charge < -0.3 is 19.7 Å². The number of anilines is 1. The maximum atomic E-state index is 13.2. The van der Waals surface area contributed by atoms with Gasteiger partial charge in [0.05, 0.1) is 24.8 Å². The molecule has 1 aliphatic heterocycles. The molecule has 0 radical (unpaired) electrons. The minimum Gasteiger partial charge on any atom is -0.496 e. The second kappa shape index (κ2) is 8.59. The molecule has 154 valence electrons. The number of benzene rings is 1. The molecule has 2 aliphatic rings. The van der Waals surface area contributed by atoms with Crippen LogP contribution < -0.4 is 10.1 Å². The summed E-state index contributed by atoms with van der Waals surface area (Å²) in [5.41, 5.74) is 0.519. The van der Waals surface area contributed by atoms with Crippen molar-refractivity contribution in [2.75, 3.05) is 32.6 Å². The largest absolute Gasteiger partial charge is 0.496 e. The van der Waals surface area contributed by atoms with Gasteiger partial charge in [-0.2, -0.15) is 0 Å². The molecular formula is C22H26ClN3O3. The van der Waals surface area contributed by atoms with Crippen molar-refractivity contribution in [3.63, 3.8) is 0 Å². The number of rotatable bonds is 5. The van der Waals surface area contributed by atoms with Gasteiger partial charge in [-0.05, 0) is 55.0 Å². The van der Waals surface area contributed by atoms with Crippen molar-refractivity contribution in [3.8, 4) is 5.75 Å². The third kappa shape index (κ3) is 4.19. The summed E-state index contributed by atoms with van der Waals surface area (Å²) in [6.07, 6.45) is 3.73. The Morgan fingerprint density at radius 2 is 1.97 bits per heavy atom. The molecule has 0 bridgehead atoms. The van der Waals surface area contributed by atoms with Gasteiger partial charge in [0.15, 0.2) is 0 Å². The minimum absolute atomic E-state index is 0.0260. The van der Waals surface area contributed by atoms with Crippen molar-refractivity contribution in [2.45, 2.75) is 25.0 Å². The van der Waals surface area contributed by atoms with E-state index in [0.717, 1.165) is 31.7 Å². The highest BCUT2D eigenvalue weighted by Gasteiger charge is 2.44. The Morgan fingerprint density at radius 3 is 2.66 bits per heavy atom. The first kappa shape index (κ1) is 20.0. The first-order valence-electron chi connectivity index (χ1n) is 9.92. The molecule has 4 atom stereocenters. The number of methoxy groups -OCH3 is 2. The summed E-state index contributed by atoms with van der Waals surface area (Å²) in [6, 6.07) is 11.2. The standard InChI is InChI=1S/C22H26ClN3O3/c1-28-19-7-6-16(23)11-17(19)22(27)26-12-14-9-18(20(29-2)10-15(14)13-26)25-21-5-3-4-8-24-21/h3-8,11,14-15,18,20H,9-10,12-13H2,1-2H3,(H,24,25)/t14-,15+,18-,20-/m1/s1. The number of carbonyl (C=O) groups is 1. The molecule has 0 unspecified atom stereocenters. The number of hydrogen-bond acceptors (Lipinski definition) is 5. The quantitative estimate of drug-likeness (QED) is 0.806. The molecule has 4 rings (SSSR count). The fraction of sp³-hybridized carbons (Fsp3) is 0.455. The molecule has 2 aromatic rings. The summed E-state index contributed by atoms with van der Waals surface area (Å²) in [6.45, 7) is 1.46. The molecule has 6 nitrogen and oxygen atoms in total. The predicted octanol–water partition coefficient (Wildman–Crippen LogP) is 3.72. The molecule has 2 fully saturated rings. The first-order valence-corrected chi connectivity index (χ1v) is 10.3. The Balaban J connectivity index is 1.48. The van der Waals surface area contributed by atoms with Gasteiger partial charge in [0, 0.05) is 31.4 Å². The SMILES string of the molecule is COc1ccc(Cl)cc1C(=O)N1C[C@H]2C[C@@H](Nc3ccccn3)[C@H](OC)C[C@H]2C1. The van der Waals surface area contributed by atoms with E-state index in [1.807, 2.05) is 23.1 Å². The Morgan fingerprint density at radius 1 is 1.17 bits per heavy atom. The molecule has 1 aromatic heterocycles. The van der Waals surface area contributed by atoms with Gasteiger partial charge in [-0.15, -0.1) is 0 Å². The molecule has 1 saturated carbocycles. The highest BCUT2D eigenvalue weighted by Crippen LogP contribution is 2.39. The average Bonchev–Trinajstić information content (AvgIpc) is 3.16. The zero-order valence-corrected chi connectivity index (χ0v) is 17.4. The van der Waals surface area contributed by atoms with Crippen molar-refractivity contribution in [2.24, 2.45) is 11.8 Å². The van der Waals surface area contributed by atoms with Crippen LogP contribution >= 0.6 is 11.6 Å². The van der Waals surface area contributed by atoms with Gasteiger partial charge in [-0.25, -0.2) is 4.98 Å². The minimum atomic E-state index is -0.0260. The van der Waals surface area contributed by atoms with E-state index in [1.165, 1.54) is 0 Å². The van der Waals surface area contributed by atoms with Crippen LogP contribution in [-0.4, -0.2) is 55.2 Å². The lowest BCUT2D eigenvalue weighted by molar-refractivity contribution is 0.0304. The Bertz CT molecular complexity index is 864. The van der Waals surface area contributed by atoms with Crippen LogP contribution in [0.15, 0.2) is 42.6 Å². The average molecular weight is 416 g/mol. The molecule has 29 heavy (non-hydrogen) atoms. The number of aromatic nitrogens is 1. The number of nitrogens with one attached hydrogen (secondary N) is 1. The summed E-state index contributed by atoms with van der Waals surface area (Å²) in [7, 11) is 3.33. The number of amides is 1. The zero-order valence-electron chi connectivity index (χ0n) is 16.7. The summed E-state index contributed by atoms with van der Waals surface area (Å²) in [5.74, 6) is 2.24. The van der Waals surface area contributed by atoms with Crippen LogP contribution in [0.1, 0.15) is 23.2 Å². The van der Waals surface area contributed by atoms with E-state index in [2.05, 4.69) is 10.3 Å². The molecule has 0 spiro atoms. The van der Waals surface area contributed by atoms with Crippen LogP contribution in [0, 0.1) is 11.8 Å². The summed E-state index contributed by atoms with van der Waals surface area (Å²) in [5, 5.41) is 4.05. The van der Waals surface area contributed by atoms with E-state index in [-0.39, 0.29) is 18.1 Å². The van der Waals surface area contributed by atoms with Crippen LogP contribution in [0.25, 0.3) is 0 Å². The van der Waals surface area contributed by atoms with Crippen LogP contribution in [-0.2, 0) is 4.74 Å². The van der Waals surface area contributed by atoms with Gasteiger partial charge in [0.1, 0.15) is 11.6 Å². The van der Waals surface area contributed by atoms with Crippen LogP contribution in [0.4, 0.5) is 5.82 Å². The summed E-state index contributed by atoms with van der Waals surface area (Å²) < 4.78 is 11.2. The second-order valence-electron chi connectivity index (χ2n) is 7.79. The summed E-state index contributed by atoms with van der Waals surface area (Å²) >= 11 is 6.12. The van der Waals surface area contributed by atoms with Crippen molar-refractivity contribution in [3.05, 3.63) is 53.2 Å². The molecule has 1 amide bonds. The molecule has 7 heteroatoms. The lowest BCUT2D eigenvalue weighted by atomic mass is 9.77. The molecule has 1 aromatic carbocycles. The smallest absolute Gasteiger partial charge is 0.257 e. The maximum Gasteiger partial charge on any atom is 0.257 e. The number of nitrogens with zero attached hydrogens (tertiary/aromatic N) is 2. The van der Waals surface area contributed by atoms with Gasteiger partial charge in [0.25, 0.3) is 5.91 Å². The van der Waals surface area contributed by atoms with E-state index in [0.29, 0.717) is 28.2 Å². The van der Waals surface area contributed by atoms with E-state index < -0.39 is 0 Å². The third-order valence-corrected chi connectivity index (χ3v) is 6.33. The van der Waals surface area contributed by atoms with E-state index in [1.54, 1.807) is 38.6 Å².